The van der Waals surface area contributed by atoms with E-state index in [9.17, 15) is 24.9 Å². The Hall–Kier alpha value is -2.98. The van der Waals surface area contributed by atoms with E-state index >= 15 is 0 Å². The molecule has 0 radical (unpaired) electrons. The normalized spacial score (nSPS) is 27.8. The van der Waals surface area contributed by atoms with Gasteiger partial charge in [0, 0.05) is 5.39 Å². The van der Waals surface area contributed by atoms with Gasteiger partial charge in [-0.25, -0.2) is 9.59 Å². The number of aliphatic hydroxyl groups excluding tert-OH is 3. The second-order valence-corrected chi connectivity index (χ2v) is 6.10. The van der Waals surface area contributed by atoms with Crippen LogP contribution in [0.3, 0.4) is 0 Å². The molecule has 5 unspecified atom stereocenters. The van der Waals surface area contributed by atoms with Crippen molar-refractivity contribution in [3.8, 4) is 5.75 Å². The molecule has 0 saturated carbocycles. The second-order valence-electron chi connectivity index (χ2n) is 6.10. The molecule has 2 aromatic rings. The van der Waals surface area contributed by atoms with E-state index in [-0.39, 0.29) is 16.9 Å². The van der Waals surface area contributed by atoms with Gasteiger partial charge >= 0.3 is 11.6 Å². The summed E-state index contributed by atoms with van der Waals surface area (Å²) in [6.45, 7) is 3.53. The lowest BCUT2D eigenvalue weighted by atomic mass is 9.99. The summed E-state index contributed by atoms with van der Waals surface area (Å²) < 4.78 is 15.8. The Morgan fingerprint density at radius 1 is 1.14 bits per heavy atom. The quantitative estimate of drug-likeness (QED) is 0.528. The van der Waals surface area contributed by atoms with Crippen LogP contribution in [0.4, 0.5) is 0 Å². The third-order valence-corrected chi connectivity index (χ3v) is 4.24. The highest BCUT2D eigenvalue weighted by Gasteiger charge is 2.48. The summed E-state index contributed by atoms with van der Waals surface area (Å²) in [5.41, 5.74) is -0.629. The molecule has 148 valence electrons. The van der Waals surface area contributed by atoms with Gasteiger partial charge in [-0.15, -0.1) is 0 Å². The molecule has 1 aromatic carbocycles. The predicted octanol–water partition coefficient (Wildman–Crippen LogP) is 0.263. The van der Waals surface area contributed by atoms with Crippen LogP contribution in [0.5, 0.6) is 5.75 Å². The van der Waals surface area contributed by atoms with Gasteiger partial charge in [0.25, 0.3) is 0 Å². The van der Waals surface area contributed by atoms with Crippen molar-refractivity contribution in [3.63, 3.8) is 0 Å². The average Bonchev–Trinajstić information content (AvgIpc) is 2.67. The fraction of sp³-hybridized carbons (Fsp3) is 0.263. The summed E-state index contributed by atoms with van der Waals surface area (Å²) >= 11 is 0. The highest BCUT2D eigenvalue weighted by atomic mass is 16.7. The van der Waals surface area contributed by atoms with Crippen LogP contribution < -0.4 is 10.4 Å². The van der Waals surface area contributed by atoms with Crippen molar-refractivity contribution < 1.29 is 39.1 Å². The second kappa shape index (κ2) is 7.95. The number of allylic oxidation sites excluding steroid dienone is 2. The molecule has 0 amide bonds. The Bertz CT molecular complexity index is 977. The maximum atomic E-state index is 12.2. The summed E-state index contributed by atoms with van der Waals surface area (Å²) in [5, 5.41) is 39.4. The van der Waals surface area contributed by atoms with Crippen molar-refractivity contribution in [2.75, 3.05) is 0 Å². The number of carboxylic acid groups (broad SMARTS) is 1. The van der Waals surface area contributed by atoms with Crippen LogP contribution in [0.15, 0.2) is 52.2 Å². The first-order valence-corrected chi connectivity index (χ1v) is 8.28. The summed E-state index contributed by atoms with van der Waals surface area (Å²) in [7, 11) is 0. The van der Waals surface area contributed by atoms with Gasteiger partial charge in [0.05, 0.1) is 5.39 Å². The minimum Gasteiger partial charge on any atom is -0.479 e. The molecule has 0 spiro atoms. The topological polar surface area (TPSA) is 147 Å². The highest BCUT2D eigenvalue weighted by molar-refractivity contribution is 5.88. The van der Waals surface area contributed by atoms with Crippen molar-refractivity contribution in [1.82, 2.24) is 0 Å². The Morgan fingerprint density at radius 3 is 2.57 bits per heavy atom. The molecule has 5 atom stereocenters. The third-order valence-electron chi connectivity index (χ3n) is 4.24. The highest BCUT2D eigenvalue weighted by Crippen LogP contribution is 2.29. The first-order valence-electron chi connectivity index (χ1n) is 8.28. The maximum Gasteiger partial charge on any atom is 0.344 e. The molecule has 1 aliphatic heterocycles. The SMILES string of the molecule is C=C/C=C/c1cc2c(OC3OC(C(=O)O)C(O)C(O)C3O)cccc2c(=O)o1. The zero-order valence-corrected chi connectivity index (χ0v) is 14.5. The number of hydrogen-bond donors (Lipinski definition) is 4. The summed E-state index contributed by atoms with van der Waals surface area (Å²) in [5.74, 6) is -1.21. The van der Waals surface area contributed by atoms with Crippen molar-refractivity contribution in [3.05, 3.63) is 59.2 Å². The largest absolute Gasteiger partial charge is 0.479 e. The Labute approximate surface area is 158 Å². The standard InChI is InChI=1S/C19H18O9/c1-2-3-5-9-8-11-10(18(25)26-9)6-4-7-12(11)27-19-15(22)13(20)14(21)16(28-19)17(23)24/h2-8,13-16,19-22H,1H2,(H,23,24)/b5-3+. The zero-order valence-electron chi connectivity index (χ0n) is 14.5. The summed E-state index contributed by atoms with van der Waals surface area (Å²) in [4.78, 5) is 23.4. The monoisotopic (exact) mass is 390 g/mol. The molecule has 9 nitrogen and oxygen atoms in total. The predicted molar refractivity (Wildman–Crippen MR) is 96.7 cm³/mol. The molecule has 0 bridgehead atoms. The minimum absolute atomic E-state index is 0.0930. The Balaban J connectivity index is 2.00. The lowest BCUT2D eigenvalue weighted by Gasteiger charge is -2.38. The van der Waals surface area contributed by atoms with Gasteiger partial charge in [0.15, 0.2) is 6.10 Å². The molecule has 2 heterocycles. The van der Waals surface area contributed by atoms with Gasteiger partial charge in [0.2, 0.25) is 6.29 Å². The number of benzene rings is 1. The molecule has 9 heteroatoms. The van der Waals surface area contributed by atoms with E-state index in [4.69, 9.17) is 19.0 Å². The van der Waals surface area contributed by atoms with Gasteiger partial charge in [-0.1, -0.05) is 24.8 Å². The van der Waals surface area contributed by atoms with Crippen LogP contribution >= 0.6 is 0 Å². The smallest absolute Gasteiger partial charge is 0.344 e. The van der Waals surface area contributed by atoms with Crippen LogP contribution in [0.25, 0.3) is 16.8 Å². The Morgan fingerprint density at radius 2 is 1.89 bits per heavy atom. The maximum absolute atomic E-state index is 12.2. The lowest BCUT2D eigenvalue weighted by Crippen LogP contribution is -2.61. The number of carbonyl (C=O) groups is 1. The van der Waals surface area contributed by atoms with E-state index in [1.54, 1.807) is 6.08 Å². The number of hydrogen-bond acceptors (Lipinski definition) is 8. The number of aliphatic carboxylic acids is 1. The van der Waals surface area contributed by atoms with Gasteiger partial charge in [0.1, 0.15) is 29.8 Å². The van der Waals surface area contributed by atoms with E-state index in [1.165, 1.54) is 36.4 Å². The number of aliphatic hydroxyl groups is 3. The van der Waals surface area contributed by atoms with Crippen molar-refractivity contribution >= 4 is 22.8 Å². The first-order chi connectivity index (χ1) is 13.3. The zero-order chi connectivity index (χ0) is 20.4. The summed E-state index contributed by atoms with van der Waals surface area (Å²) in [6, 6.07) is 6.00. The van der Waals surface area contributed by atoms with Gasteiger partial charge in [-0.2, -0.15) is 0 Å². The van der Waals surface area contributed by atoms with E-state index in [2.05, 4.69) is 6.58 Å². The van der Waals surface area contributed by atoms with E-state index < -0.39 is 42.3 Å². The Kier molecular flexibility index (Phi) is 5.61. The van der Waals surface area contributed by atoms with E-state index in [1.807, 2.05) is 0 Å². The van der Waals surface area contributed by atoms with Crippen molar-refractivity contribution in [1.29, 1.82) is 0 Å². The molecular weight excluding hydrogens is 372 g/mol. The van der Waals surface area contributed by atoms with Gasteiger partial charge in [-0.3, -0.25) is 0 Å². The number of rotatable bonds is 5. The molecule has 4 N–H and O–H groups in total. The molecule has 1 saturated heterocycles. The van der Waals surface area contributed by atoms with Crippen molar-refractivity contribution in [2.45, 2.75) is 30.7 Å². The van der Waals surface area contributed by atoms with E-state index in [0.717, 1.165) is 0 Å². The summed E-state index contributed by atoms with van der Waals surface area (Å²) in [6.07, 6.45) is -4.17. The van der Waals surface area contributed by atoms with Gasteiger partial charge in [-0.05, 0) is 24.3 Å². The fourth-order valence-corrected chi connectivity index (χ4v) is 2.83. The molecule has 1 fully saturated rings. The number of ether oxygens (including phenoxy) is 2. The first kappa shape index (κ1) is 19.8. The van der Waals surface area contributed by atoms with Crippen LogP contribution in [0.2, 0.25) is 0 Å². The van der Waals surface area contributed by atoms with Crippen LogP contribution in [-0.2, 0) is 9.53 Å². The van der Waals surface area contributed by atoms with Crippen molar-refractivity contribution in [2.24, 2.45) is 0 Å². The molecule has 1 aromatic heterocycles. The average molecular weight is 390 g/mol. The molecule has 1 aliphatic rings. The molecular formula is C19H18O9. The fourth-order valence-electron chi connectivity index (χ4n) is 2.83. The molecule has 3 rings (SSSR count). The molecule has 28 heavy (non-hydrogen) atoms. The minimum atomic E-state index is -1.83. The van der Waals surface area contributed by atoms with Crippen LogP contribution in [-0.4, -0.2) is 57.1 Å². The van der Waals surface area contributed by atoms with Crippen LogP contribution in [0, 0.1) is 0 Å². The molecule has 0 aliphatic carbocycles. The third kappa shape index (κ3) is 3.69. The van der Waals surface area contributed by atoms with E-state index in [0.29, 0.717) is 5.39 Å². The lowest BCUT2D eigenvalue weighted by molar-refractivity contribution is -0.270. The van der Waals surface area contributed by atoms with Gasteiger partial charge < -0.3 is 34.3 Å². The van der Waals surface area contributed by atoms with Crippen LogP contribution in [0.1, 0.15) is 5.76 Å². The number of fused-ring (bicyclic) bond motifs is 1. The number of carboxylic acids is 1.